The van der Waals surface area contributed by atoms with Crippen LogP contribution in [0.25, 0.3) is 0 Å². The molecule has 2 aliphatic heterocycles. The molecule has 8 rings (SSSR count). The Balaban J connectivity index is 1.25. The van der Waals surface area contributed by atoms with E-state index < -0.39 is 0 Å². The number of fused-ring (bicyclic) bond motifs is 2. The van der Waals surface area contributed by atoms with Gasteiger partial charge in [-0.05, 0) is 97.0 Å². The summed E-state index contributed by atoms with van der Waals surface area (Å²) in [7, 11) is 0. The van der Waals surface area contributed by atoms with Crippen LogP contribution < -0.4 is 14.7 Å². The Bertz CT molecular complexity index is 1940. The van der Waals surface area contributed by atoms with Gasteiger partial charge in [-0.15, -0.1) is 0 Å². The lowest BCUT2D eigenvalue weighted by atomic mass is 9.83. The normalized spacial score (nSPS) is 23.7. The summed E-state index contributed by atoms with van der Waals surface area (Å²) in [4.78, 5) is 7.57. The number of anilines is 4. The Morgan fingerprint density at radius 3 is 2.04 bits per heavy atom. The molecule has 0 saturated carbocycles. The average molecular weight is 630 g/mol. The zero-order chi connectivity index (χ0) is 33.0. The van der Waals surface area contributed by atoms with Crippen LogP contribution in [0.3, 0.4) is 0 Å². The van der Waals surface area contributed by atoms with Gasteiger partial charge in [0.25, 0.3) is 0 Å². The van der Waals surface area contributed by atoms with Gasteiger partial charge in [0, 0.05) is 64.8 Å². The van der Waals surface area contributed by atoms with Gasteiger partial charge in [0.2, 0.25) is 0 Å². The highest BCUT2D eigenvalue weighted by Crippen LogP contribution is 2.62. The highest BCUT2D eigenvalue weighted by molar-refractivity contribution is 5.78. The first-order valence-electron chi connectivity index (χ1n) is 17.9. The van der Waals surface area contributed by atoms with Gasteiger partial charge >= 0.3 is 0 Å². The molecule has 0 bridgehead atoms. The molecule has 0 amide bonds. The molecule has 2 heterocycles. The number of benzene rings is 4. The highest BCUT2D eigenvalue weighted by Gasteiger charge is 2.56. The number of allylic oxidation sites excluding steroid dienone is 6. The molecule has 2 unspecified atom stereocenters. The molecule has 2 aliphatic carbocycles. The number of hydrogen-bond donors (Lipinski definition) is 0. The van der Waals surface area contributed by atoms with Gasteiger partial charge in [-0.3, -0.25) is 0 Å². The maximum absolute atomic E-state index is 2.57. The molecule has 0 fully saturated rings. The molecule has 242 valence electrons. The van der Waals surface area contributed by atoms with Crippen LogP contribution >= 0.6 is 0 Å². The maximum atomic E-state index is 2.57. The molecule has 0 radical (unpaired) electrons. The monoisotopic (exact) mass is 629 g/mol. The standard InChI is InChI=1S/C45H47N3/c1-6-46-31-34(45(5)38-22-16-24-40(46)42(38)45)29-27-32-25-26-33(28-30-41-44(3,4)37-21-14-15-23-39(37)47(41)7-2)43(32)48(35-17-10-8-11-18-35)36-19-12-9-13-20-36/h8-24,27-30,34H,6-7,25-26,31H2,1-5H3/b29-27+,33-28+,41-30+. The molecule has 3 nitrogen and oxygen atoms in total. The van der Waals surface area contributed by atoms with Crippen molar-refractivity contribution in [3.8, 4) is 0 Å². The van der Waals surface area contributed by atoms with E-state index >= 15 is 0 Å². The van der Waals surface area contributed by atoms with Gasteiger partial charge in [0.1, 0.15) is 0 Å². The fraction of sp³-hybridized carbons (Fsp3) is 0.289. The predicted molar refractivity (Wildman–Crippen MR) is 203 cm³/mol. The van der Waals surface area contributed by atoms with Gasteiger partial charge < -0.3 is 14.7 Å². The molecule has 0 spiro atoms. The van der Waals surface area contributed by atoms with Crippen LogP contribution in [0.4, 0.5) is 22.7 Å². The zero-order valence-corrected chi connectivity index (χ0v) is 29.1. The van der Waals surface area contributed by atoms with E-state index in [2.05, 4.69) is 177 Å². The Labute approximate surface area is 287 Å². The minimum Gasteiger partial charge on any atom is -0.371 e. The first-order chi connectivity index (χ1) is 23.4. The third kappa shape index (κ3) is 4.70. The smallest absolute Gasteiger partial charge is 0.0525 e. The van der Waals surface area contributed by atoms with E-state index in [1.165, 1.54) is 56.4 Å². The largest absolute Gasteiger partial charge is 0.371 e. The zero-order valence-electron chi connectivity index (χ0n) is 29.1. The summed E-state index contributed by atoms with van der Waals surface area (Å²) < 4.78 is 0. The van der Waals surface area contributed by atoms with Crippen LogP contribution in [0.15, 0.2) is 150 Å². The second kappa shape index (κ2) is 11.7. The van der Waals surface area contributed by atoms with Gasteiger partial charge in [-0.25, -0.2) is 0 Å². The van der Waals surface area contributed by atoms with Gasteiger partial charge in [0.05, 0.1) is 5.70 Å². The molecule has 4 aromatic carbocycles. The van der Waals surface area contributed by atoms with Gasteiger partial charge in [-0.2, -0.15) is 0 Å². The van der Waals surface area contributed by atoms with Crippen molar-refractivity contribution >= 4 is 22.7 Å². The van der Waals surface area contributed by atoms with Crippen LogP contribution in [-0.2, 0) is 10.8 Å². The van der Waals surface area contributed by atoms with Crippen molar-refractivity contribution in [1.29, 1.82) is 0 Å². The van der Waals surface area contributed by atoms with Crippen molar-refractivity contribution in [2.75, 3.05) is 34.3 Å². The first-order valence-corrected chi connectivity index (χ1v) is 17.9. The maximum Gasteiger partial charge on any atom is 0.0525 e. The van der Waals surface area contributed by atoms with E-state index in [0.29, 0.717) is 5.92 Å². The average Bonchev–Trinajstić information content (AvgIpc) is 3.45. The molecule has 48 heavy (non-hydrogen) atoms. The molecular formula is C45H47N3. The first kappa shape index (κ1) is 30.6. The summed E-state index contributed by atoms with van der Waals surface area (Å²) in [5, 5.41) is 0. The van der Waals surface area contributed by atoms with E-state index in [4.69, 9.17) is 0 Å². The minimum atomic E-state index is -0.0624. The molecule has 4 aromatic rings. The molecule has 2 atom stereocenters. The van der Waals surface area contributed by atoms with Gasteiger partial charge in [-0.1, -0.05) is 106 Å². The van der Waals surface area contributed by atoms with Crippen LogP contribution in [0.1, 0.15) is 64.2 Å². The summed E-state index contributed by atoms with van der Waals surface area (Å²) in [5.41, 5.74) is 15.2. The van der Waals surface area contributed by atoms with E-state index in [-0.39, 0.29) is 10.8 Å². The van der Waals surface area contributed by atoms with Crippen LogP contribution in [0.5, 0.6) is 0 Å². The van der Waals surface area contributed by atoms with E-state index in [1.54, 1.807) is 5.56 Å². The molecule has 0 saturated heterocycles. The van der Waals surface area contributed by atoms with Crippen LogP contribution in [0, 0.1) is 5.92 Å². The molecule has 3 heteroatoms. The van der Waals surface area contributed by atoms with E-state index in [1.807, 2.05) is 0 Å². The molecular weight excluding hydrogens is 583 g/mol. The number of likely N-dealkylation sites (N-methyl/N-ethyl adjacent to an activating group) is 1. The SMILES string of the molecule is CCN1CC(/C=C/C2=C(N(c3ccccc3)c3ccccc3)C(=C/C=C3/N(CC)c4ccccc4C3(C)C)/CC2)C2(C)c3cccc1c32. The lowest BCUT2D eigenvalue weighted by Gasteiger charge is -2.35. The van der Waals surface area contributed by atoms with Crippen molar-refractivity contribution in [2.24, 2.45) is 5.92 Å². The summed E-state index contributed by atoms with van der Waals surface area (Å²) in [6.45, 7) is 14.8. The minimum absolute atomic E-state index is 0.0624. The fourth-order valence-electron chi connectivity index (χ4n) is 8.89. The second-order valence-corrected chi connectivity index (χ2v) is 14.4. The Kier molecular flexibility index (Phi) is 7.47. The second-order valence-electron chi connectivity index (χ2n) is 14.4. The van der Waals surface area contributed by atoms with Gasteiger partial charge in [0.15, 0.2) is 0 Å². The van der Waals surface area contributed by atoms with Crippen LogP contribution in [0.2, 0.25) is 0 Å². The summed E-state index contributed by atoms with van der Waals surface area (Å²) >= 11 is 0. The predicted octanol–water partition coefficient (Wildman–Crippen LogP) is 10.8. The van der Waals surface area contributed by atoms with Crippen molar-refractivity contribution in [2.45, 2.75) is 58.3 Å². The Morgan fingerprint density at radius 2 is 1.35 bits per heavy atom. The number of hydrogen-bond acceptors (Lipinski definition) is 3. The highest BCUT2D eigenvalue weighted by atomic mass is 15.2. The topological polar surface area (TPSA) is 9.72 Å². The van der Waals surface area contributed by atoms with Crippen LogP contribution in [-0.4, -0.2) is 19.6 Å². The molecule has 4 aliphatic rings. The third-order valence-electron chi connectivity index (χ3n) is 11.6. The van der Waals surface area contributed by atoms with E-state index in [9.17, 15) is 0 Å². The lowest BCUT2D eigenvalue weighted by Crippen LogP contribution is -2.37. The quantitative estimate of drug-likeness (QED) is 0.192. The van der Waals surface area contributed by atoms with Crippen molar-refractivity contribution in [1.82, 2.24) is 0 Å². The summed E-state index contributed by atoms with van der Waals surface area (Å²) in [5.74, 6) is 0.448. The third-order valence-corrected chi connectivity index (χ3v) is 11.6. The Hall–Kier alpha value is -4.76. The summed E-state index contributed by atoms with van der Waals surface area (Å²) in [6.07, 6.45) is 11.9. The molecule has 0 N–H and O–H groups in total. The lowest BCUT2D eigenvalue weighted by molar-refractivity contribution is 0.469. The Morgan fingerprint density at radius 1 is 0.708 bits per heavy atom. The van der Waals surface area contributed by atoms with Crippen molar-refractivity contribution in [3.63, 3.8) is 0 Å². The number of nitrogens with zero attached hydrogens (tertiary/aromatic N) is 3. The molecule has 0 aromatic heterocycles. The number of rotatable bonds is 8. The number of para-hydroxylation sites is 3. The van der Waals surface area contributed by atoms with Crippen molar-refractivity contribution in [3.05, 3.63) is 167 Å². The summed E-state index contributed by atoms with van der Waals surface area (Å²) in [6, 6.07) is 37.7. The fourth-order valence-corrected chi connectivity index (χ4v) is 8.89. The van der Waals surface area contributed by atoms with Crippen molar-refractivity contribution < 1.29 is 0 Å². The van der Waals surface area contributed by atoms with E-state index in [0.717, 1.165) is 32.5 Å².